The van der Waals surface area contributed by atoms with Crippen LogP contribution in [0.4, 0.5) is 18.9 Å². The van der Waals surface area contributed by atoms with Crippen molar-refractivity contribution in [2.75, 3.05) is 5.32 Å². The van der Waals surface area contributed by atoms with Crippen LogP contribution in [-0.2, 0) is 15.8 Å². The van der Waals surface area contributed by atoms with Crippen LogP contribution in [0.1, 0.15) is 5.56 Å². The number of carbonyl (C=O) groups excluding carboxylic acids is 2. The summed E-state index contributed by atoms with van der Waals surface area (Å²) < 4.78 is 37.6. The number of alkyl halides is 3. The SMILES string of the molecule is O=C([O-])/C=C\C(=O)Nc1ccc(Cl)c(C(F)(F)F)c1. The fraction of sp³-hybridized carbons (Fsp3) is 0.0909. The first-order chi connectivity index (χ1) is 8.70. The number of amides is 1. The molecule has 0 unspecified atom stereocenters. The summed E-state index contributed by atoms with van der Waals surface area (Å²) in [4.78, 5) is 21.2. The van der Waals surface area contributed by atoms with E-state index in [1.165, 1.54) is 0 Å². The van der Waals surface area contributed by atoms with Gasteiger partial charge in [-0.1, -0.05) is 11.6 Å². The lowest BCUT2D eigenvalue weighted by Crippen LogP contribution is -2.20. The molecule has 19 heavy (non-hydrogen) atoms. The molecule has 0 heterocycles. The number of hydrogen-bond donors (Lipinski definition) is 1. The molecule has 0 atom stereocenters. The summed E-state index contributed by atoms with van der Waals surface area (Å²) in [6, 6.07) is 2.78. The number of benzene rings is 1. The molecule has 4 nitrogen and oxygen atoms in total. The van der Waals surface area contributed by atoms with E-state index < -0.39 is 28.6 Å². The molecule has 8 heteroatoms. The van der Waals surface area contributed by atoms with E-state index in [1.54, 1.807) is 0 Å². The van der Waals surface area contributed by atoms with Gasteiger partial charge in [0.1, 0.15) is 0 Å². The zero-order valence-electron chi connectivity index (χ0n) is 9.12. The lowest BCUT2D eigenvalue weighted by molar-refractivity contribution is -0.297. The third-order valence-corrected chi connectivity index (χ3v) is 2.24. The van der Waals surface area contributed by atoms with Crippen molar-refractivity contribution >= 4 is 29.2 Å². The Morgan fingerprint density at radius 3 is 2.42 bits per heavy atom. The second-order valence-electron chi connectivity index (χ2n) is 3.33. The lowest BCUT2D eigenvalue weighted by Gasteiger charge is -2.11. The highest BCUT2D eigenvalue weighted by atomic mass is 35.5. The van der Waals surface area contributed by atoms with Gasteiger partial charge in [-0.05, 0) is 24.3 Å². The van der Waals surface area contributed by atoms with Crippen LogP contribution in [0.3, 0.4) is 0 Å². The van der Waals surface area contributed by atoms with E-state index in [1.807, 2.05) is 0 Å². The van der Waals surface area contributed by atoms with Crippen molar-refractivity contribution in [3.05, 3.63) is 40.9 Å². The summed E-state index contributed by atoms with van der Waals surface area (Å²) in [5.74, 6) is -2.50. The van der Waals surface area contributed by atoms with Crippen LogP contribution >= 0.6 is 11.6 Å². The number of carbonyl (C=O) groups is 2. The third kappa shape index (κ3) is 4.63. The number of rotatable bonds is 3. The molecule has 1 aromatic rings. The van der Waals surface area contributed by atoms with E-state index in [-0.39, 0.29) is 5.69 Å². The minimum Gasteiger partial charge on any atom is -0.545 e. The molecule has 0 aliphatic carbocycles. The maximum atomic E-state index is 12.5. The average Bonchev–Trinajstić information content (AvgIpc) is 2.27. The van der Waals surface area contributed by atoms with Crippen LogP contribution in [0.25, 0.3) is 0 Å². The maximum Gasteiger partial charge on any atom is 0.417 e. The van der Waals surface area contributed by atoms with E-state index in [0.29, 0.717) is 18.2 Å². The fourth-order valence-electron chi connectivity index (χ4n) is 1.15. The number of hydrogen-bond acceptors (Lipinski definition) is 3. The minimum atomic E-state index is -4.65. The summed E-state index contributed by atoms with van der Waals surface area (Å²) >= 11 is 5.39. The van der Waals surface area contributed by atoms with Crippen LogP contribution in [0.15, 0.2) is 30.4 Å². The Morgan fingerprint density at radius 1 is 1.26 bits per heavy atom. The zero-order chi connectivity index (χ0) is 14.6. The van der Waals surface area contributed by atoms with E-state index in [2.05, 4.69) is 5.32 Å². The Bertz CT molecular complexity index is 540. The second kappa shape index (κ2) is 5.75. The summed E-state index contributed by atoms with van der Waals surface area (Å²) in [6.45, 7) is 0. The van der Waals surface area contributed by atoms with Crippen molar-refractivity contribution in [3.8, 4) is 0 Å². The first-order valence-corrected chi connectivity index (χ1v) is 5.14. The van der Waals surface area contributed by atoms with Crippen molar-refractivity contribution < 1.29 is 27.9 Å². The van der Waals surface area contributed by atoms with Crippen LogP contribution in [-0.4, -0.2) is 11.9 Å². The molecular weight excluding hydrogens is 287 g/mol. The van der Waals surface area contributed by atoms with Gasteiger partial charge in [0.15, 0.2) is 0 Å². The predicted octanol–water partition coefficient (Wildman–Crippen LogP) is 1.60. The topological polar surface area (TPSA) is 69.2 Å². The molecule has 0 aromatic heterocycles. The van der Waals surface area contributed by atoms with Crippen LogP contribution < -0.4 is 10.4 Å². The molecule has 0 bridgehead atoms. The Balaban J connectivity index is 2.92. The van der Waals surface area contributed by atoms with E-state index in [9.17, 15) is 27.9 Å². The zero-order valence-corrected chi connectivity index (χ0v) is 9.88. The summed E-state index contributed by atoms with van der Waals surface area (Å²) in [5, 5.41) is 11.6. The Labute approximate surface area is 110 Å². The number of aliphatic carboxylic acids is 1. The van der Waals surface area contributed by atoms with Gasteiger partial charge in [0.25, 0.3) is 0 Å². The highest BCUT2D eigenvalue weighted by Gasteiger charge is 2.33. The predicted molar refractivity (Wildman–Crippen MR) is 59.2 cm³/mol. The van der Waals surface area contributed by atoms with Crippen molar-refractivity contribution in [2.24, 2.45) is 0 Å². The van der Waals surface area contributed by atoms with Gasteiger partial charge in [-0.2, -0.15) is 13.2 Å². The van der Waals surface area contributed by atoms with Crippen LogP contribution in [0.5, 0.6) is 0 Å². The van der Waals surface area contributed by atoms with E-state index >= 15 is 0 Å². The molecule has 102 valence electrons. The van der Waals surface area contributed by atoms with Gasteiger partial charge in [-0.3, -0.25) is 4.79 Å². The quantitative estimate of drug-likeness (QED) is 0.860. The van der Waals surface area contributed by atoms with Crippen molar-refractivity contribution in [2.45, 2.75) is 6.18 Å². The molecule has 1 rings (SSSR count). The largest absolute Gasteiger partial charge is 0.545 e. The van der Waals surface area contributed by atoms with Gasteiger partial charge in [0, 0.05) is 11.8 Å². The maximum absolute atomic E-state index is 12.5. The molecular formula is C11H6ClF3NO3-. The van der Waals surface area contributed by atoms with E-state index in [0.717, 1.165) is 12.1 Å². The molecule has 0 radical (unpaired) electrons. The second-order valence-corrected chi connectivity index (χ2v) is 3.74. The molecule has 0 saturated carbocycles. The lowest BCUT2D eigenvalue weighted by atomic mass is 10.2. The Hall–Kier alpha value is -2.02. The monoisotopic (exact) mass is 292 g/mol. The number of carboxylic acids is 1. The molecule has 0 spiro atoms. The summed E-state index contributed by atoms with van der Waals surface area (Å²) in [6.07, 6.45) is -3.58. The summed E-state index contributed by atoms with van der Waals surface area (Å²) in [7, 11) is 0. The first kappa shape index (κ1) is 15.0. The Morgan fingerprint density at radius 2 is 1.89 bits per heavy atom. The standard InChI is InChI=1S/C11H7ClF3NO3/c12-8-2-1-6(5-7(8)11(13,14)15)16-9(17)3-4-10(18)19/h1-5H,(H,16,17)(H,18,19)/p-1/b4-3-. The van der Waals surface area contributed by atoms with Gasteiger partial charge in [-0.15, -0.1) is 0 Å². The first-order valence-electron chi connectivity index (χ1n) is 4.77. The molecule has 0 aliphatic rings. The number of anilines is 1. The normalized spacial score (nSPS) is 11.6. The van der Waals surface area contributed by atoms with Crippen molar-refractivity contribution in [3.63, 3.8) is 0 Å². The van der Waals surface area contributed by atoms with Crippen LogP contribution in [0.2, 0.25) is 5.02 Å². The van der Waals surface area contributed by atoms with Gasteiger partial charge >= 0.3 is 6.18 Å². The van der Waals surface area contributed by atoms with E-state index in [4.69, 9.17) is 11.6 Å². The molecule has 1 N–H and O–H groups in total. The minimum absolute atomic E-state index is 0.162. The smallest absolute Gasteiger partial charge is 0.417 e. The van der Waals surface area contributed by atoms with Crippen LogP contribution in [0, 0.1) is 0 Å². The highest BCUT2D eigenvalue weighted by molar-refractivity contribution is 6.31. The van der Waals surface area contributed by atoms with Crippen molar-refractivity contribution in [1.29, 1.82) is 0 Å². The number of halogens is 4. The number of carboxylic acid groups (broad SMARTS) is 1. The van der Waals surface area contributed by atoms with Gasteiger partial charge < -0.3 is 15.2 Å². The molecule has 0 saturated heterocycles. The van der Waals surface area contributed by atoms with Gasteiger partial charge in [0.05, 0.1) is 16.6 Å². The number of nitrogens with one attached hydrogen (secondary N) is 1. The molecule has 0 aliphatic heterocycles. The Kier molecular flexibility index (Phi) is 4.55. The third-order valence-electron chi connectivity index (χ3n) is 1.91. The molecule has 1 amide bonds. The highest BCUT2D eigenvalue weighted by Crippen LogP contribution is 2.36. The average molecular weight is 293 g/mol. The van der Waals surface area contributed by atoms with Crippen molar-refractivity contribution in [1.82, 2.24) is 0 Å². The van der Waals surface area contributed by atoms with Gasteiger partial charge in [-0.25, -0.2) is 0 Å². The fourth-order valence-corrected chi connectivity index (χ4v) is 1.37. The summed E-state index contributed by atoms with van der Waals surface area (Å²) in [5.41, 5.74) is -1.26. The molecule has 1 aromatic carbocycles. The molecule has 0 fully saturated rings. The van der Waals surface area contributed by atoms with Gasteiger partial charge in [0.2, 0.25) is 5.91 Å².